The maximum Gasteiger partial charge on any atom is 0.160 e. The Morgan fingerprint density at radius 3 is 1.82 bits per heavy atom. The highest BCUT2D eigenvalue weighted by atomic mass is 19.1. The number of ether oxygens (including phenoxy) is 2. The van der Waals surface area contributed by atoms with Gasteiger partial charge in [-0.05, 0) is 37.5 Å². The number of hydrogen-bond donors (Lipinski definition) is 0. The van der Waals surface area contributed by atoms with E-state index in [0.29, 0.717) is 37.9 Å². The van der Waals surface area contributed by atoms with Gasteiger partial charge in [0.25, 0.3) is 0 Å². The fourth-order valence-electron chi connectivity index (χ4n) is 4.39. The highest BCUT2D eigenvalue weighted by molar-refractivity contribution is 4.87. The Bertz CT molecular complexity index is 337. The molecule has 0 aromatic rings. The van der Waals surface area contributed by atoms with Gasteiger partial charge in [0, 0.05) is 17.8 Å². The largest absolute Gasteiger partial charge is 0.352 e. The minimum atomic E-state index is -1.07. The van der Waals surface area contributed by atoms with Crippen molar-refractivity contribution in [3.8, 4) is 0 Å². The van der Waals surface area contributed by atoms with Gasteiger partial charge in [-0.2, -0.15) is 0 Å². The van der Waals surface area contributed by atoms with E-state index < -0.39 is 24.6 Å². The number of halogens is 2. The lowest BCUT2D eigenvalue weighted by molar-refractivity contribution is -0.242. The van der Waals surface area contributed by atoms with Gasteiger partial charge in [-0.25, -0.2) is 8.78 Å². The molecule has 0 amide bonds. The van der Waals surface area contributed by atoms with Crippen molar-refractivity contribution in [2.75, 3.05) is 13.2 Å². The minimum absolute atomic E-state index is 0.131. The summed E-state index contributed by atoms with van der Waals surface area (Å²) in [5.74, 6) is 1.40. The van der Waals surface area contributed by atoms with Gasteiger partial charge in [0.2, 0.25) is 0 Å². The molecule has 3 fully saturated rings. The maximum atomic E-state index is 13.9. The van der Waals surface area contributed by atoms with E-state index in [1.807, 2.05) is 0 Å². The number of hydrogen-bond acceptors (Lipinski definition) is 2. The SMILES string of the molecule is CC1CCC(C2COC(C3CC(F)C(C)C(F)C3)OC2)CC1. The van der Waals surface area contributed by atoms with Gasteiger partial charge in [0.15, 0.2) is 6.29 Å². The van der Waals surface area contributed by atoms with E-state index >= 15 is 0 Å². The Labute approximate surface area is 132 Å². The van der Waals surface area contributed by atoms with Crippen LogP contribution in [0.2, 0.25) is 0 Å². The number of rotatable bonds is 2. The van der Waals surface area contributed by atoms with Crippen LogP contribution in [0.4, 0.5) is 8.78 Å². The molecule has 2 aliphatic carbocycles. The summed E-state index contributed by atoms with van der Waals surface area (Å²) in [6.45, 7) is 5.38. The van der Waals surface area contributed by atoms with Crippen LogP contribution in [0.1, 0.15) is 52.4 Å². The molecule has 1 aliphatic heterocycles. The van der Waals surface area contributed by atoms with Crippen LogP contribution >= 0.6 is 0 Å². The van der Waals surface area contributed by atoms with Gasteiger partial charge in [-0.15, -0.1) is 0 Å². The average Bonchev–Trinajstić information content (AvgIpc) is 2.53. The molecule has 0 spiro atoms. The van der Waals surface area contributed by atoms with Gasteiger partial charge in [0.05, 0.1) is 13.2 Å². The third kappa shape index (κ3) is 3.64. The zero-order valence-corrected chi connectivity index (χ0v) is 13.8. The third-order valence-electron chi connectivity index (χ3n) is 6.26. The molecule has 128 valence electrons. The summed E-state index contributed by atoms with van der Waals surface area (Å²) in [6.07, 6.45) is 3.35. The molecular weight excluding hydrogens is 286 g/mol. The molecule has 1 heterocycles. The minimum Gasteiger partial charge on any atom is -0.352 e. The molecule has 2 atom stereocenters. The Morgan fingerprint density at radius 2 is 1.27 bits per heavy atom. The summed E-state index contributed by atoms with van der Waals surface area (Å²) in [7, 11) is 0. The zero-order valence-electron chi connectivity index (χ0n) is 13.8. The summed E-state index contributed by atoms with van der Waals surface area (Å²) in [4.78, 5) is 0. The first kappa shape index (κ1) is 16.6. The van der Waals surface area contributed by atoms with Crippen molar-refractivity contribution in [2.24, 2.45) is 29.6 Å². The molecule has 22 heavy (non-hydrogen) atoms. The molecule has 0 radical (unpaired) electrons. The lowest BCUT2D eigenvalue weighted by Crippen LogP contribution is -2.45. The first-order valence-electron chi connectivity index (χ1n) is 9.06. The first-order chi connectivity index (χ1) is 10.5. The van der Waals surface area contributed by atoms with Crippen molar-refractivity contribution in [1.29, 1.82) is 0 Å². The molecule has 2 unspecified atom stereocenters. The second kappa shape index (κ2) is 7.12. The van der Waals surface area contributed by atoms with Crippen molar-refractivity contribution in [3.05, 3.63) is 0 Å². The van der Waals surface area contributed by atoms with Crippen LogP contribution < -0.4 is 0 Å². The van der Waals surface area contributed by atoms with E-state index in [2.05, 4.69) is 6.92 Å². The van der Waals surface area contributed by atoms with Gasteiger partial charge in [-0.3, -0.25) is 0 Å². The van der Waals surface area contributed by atoms with Crippen LogP contribution in [0.25, 0.3) is 0 Å². The molecule has 4 heteroatoms. The summed E-state index contributed by atoms with van der Waals surface area (Å²) in [5, 5.41) is 0. The summed E-state index contributed by atoms with van der Waals surface area (Å²) < 4.78 is 39.5. The van der Waals surface area contributed by atoms with Crippen molar-refractivity contribution in [1.82, 2.24) is 0 Å². The van der Waals surface area contributed by atoms with Gasteiger partial charge >= 0.3 is 0 Å². The molecule has 0 aromatic heterocycles. The fraction of sp³-hybridized carbons (Fsp3) is 1.00. The lowest BCUT2D eigenvalue weighted by Gasteiger charge is -2.41. The van der Waals surface area contributed by atoms with E-state index in [4.69, 9.17) is 9.47 Å². The molecule has 2 nitrogen and oxygen atoms in total. The fourth-order valence-corrected chi connectivity index (χ4v) is 4.39. The van der Waals surface area contributed by atoms with Crippen LogP contribution in [0.3, 0.4) is 0 Å². The van der Waals surface area contributed by atoms with Crippen LogP contribution in [0, 0.1) is 29.6 Å². The van der Waals surface area contributed by atoms with Crippen LogP contribution in [0.15, 0.2) is 0 Å². The van der Waals surface area contributed by atoms with Gasteiger partial charge in [0.1, 0.15) is 12.3 Å². The van der Waals surface area contributed by atoms with Crippen LogP contribution in [-0.2, 0) is 9.47 Å². The molecular formula is C18H30F2O2. The van der Waals surface area contributed by atoms with Crippen molar-refractivity contribution in [2.45, 2.75) is 71.0 Å². The molecule has 0 aromatic carbocycles. The Kier molecular flexibility index (Phi) is 5.39. The molecule has 0 bridgehead atoms. The Morgan fingerprint density at radius 1 is 0.727 bits per heavy atom. The van der Waals surface area contributed by atoms with Crippen LogP contribution in [-0.4, -0.2) is 31.8 Å². The molecule has 3 aliphatic rings. The molecule has 0 N–H and O–H groups in total. The first-order valence-corrected chi connectivity index (χ1v) is 9.06. The monoisotopic (exact) mass is 316 g/mol. The standard InChI is InChI=1S/C18H30F2O2/c1-11-3-5-13(6-4-11)15-9-21-18(22-10-15)14-7-16(19)12(2)17(20)8-14/h11-18H,3-10H2,1-2H3. The second-order valence-corrected chi connectivity index (χ2v) is 7.94. The number of alkyl halides is 2. The third-order valence-corrected chi connectivity index (χ3v) is 6.26. The second-order valence-electron chi connectivity index (χ2n) is 7.94. The van der Waals surface area contributed by atoms with Crippen molar-refractivity contribution < 1.29 is 18.3 Å². The quantitative estimate of drug-likeness (QED) is 0.745. The van der Waals surface area contributed by atoms with Crippen LogP contribution in [0.5, 0.6) is 0 Å². The highest BCUT2D eigenvalue weighted by Gasteiger charge is 2.41. The van der Waals surface area contributed by atoms with Gasteiger partial charge < -0.3 is 9.47 Å². The molecule has 2 saturated carbocycles. The predicted octanol–water partition coefficient (Wildman–Crippen LogP) is 4.52. The summed E-state index contributed by atoms with van der Waals surface area (Å²) >= 11 is 0. The Hall–Kier alpha value is -0.220. The average molecular weight is 316 g/mol. The van der Waals surface area contributed by atoms with E-state index in [-0.39, 0.29) is 5.92 Å². The zero-order chi connectivity index (χ0) is 15.7. The van der Waals surface area contributed by atoms with E-state index in [9.17, 15) is 8.78 Å². The van der Waals surface area contributed by atoms with E-state index in [1.54, 1.807) is 6.92 Å². The summed E-state index contributed by atoms with van der Waals surface area (Å²) in [6, 6.07) is 0. The molecule has 3 rings (SSSR count). The maximum absolute atomic E-state index is 13.9. The van der Waals surface area contributed by atoms with E-state index in [0.717, 1.165) is 5.92 Å². The Balaban J connectivity index is 1.47. The highest BCUT2D eigenvalue weighted by Crippen LogP contribution is 2.39. The molecule has 1 saturated heterocycles. The smallest absolute Gasteiger partial charge is 0.160 e. The summed E-state index contributed by atoms with van der Waals surface area (Å²) in [5.41, 5.74) is 0. The van der Waals surface area contributed by atoms with Crippen molar-refractivity contribution in [3.63, 3.8) is 0 Å². The van der Waals surface area contributed by atoms with Crippen molar-refractivity contribution >= 4 is 0 Å². The normalized spacial score (nSPS) is 50.7. The van der Waals surface area contributed by atoms with Gasteiger partial charge in [-0.1, -0.05) is 26.7 Å². The lowest BCUT2D eigenvalue weighted by atomic mass is 9.76. The topological polar surface area (TPSA) is 18.5 Å². The van der Waals surface area contributed by atoms with E-state index in [1.165, 1.54) is 25.7 Å². The predicted molar refractivity (Wildman–Crippen MR) is 82.0 cm³/mol.